The maximum Gasteiger partial charge on any atom is 0.248 e. The molecular formula is C11H15N3O3S. The Labute approximate surface area is 106 Å². The van der Waals surface area contributed by atoms with E-state index in [0.29, 0.717) is 6.54 Å². The van der Waals surface area contributed by atoms with E-state index in [1.165, 1.54) is 24.3 Å². The maximum absolute atomic E-state index is 12.0. The molecule has 1 heterocycles. The van der Waals surface area contributed by atoms with Gasteiger partial charge >= 0.3 is 0 Å². The lowest BCUT2D eigenvalue weighted by molar-refractivity contribution is 0.1000. The molecule has 4 N–H and O–H groups in total. The van der Waals surface area contributed by atoms with Crippen LogP contribution in [0.25, 0.3) is 0 Å². The third-order valence-electron chi connectivity index (χ3n) is 2.83. The first-order valence-corrected chi connectivity index (χ1v) is 7.10. The van der Waals surface area contributed by atoms with Gasteiger partial charge in [-0.15, -0.1) is 0 Å². The van der Waals surface area contributed by atoms with E-state index >= 15 is 0 Å². The topological polar surface area (TPSA) is 101 Å². The van der Waals surface area contributed by atoms with Gasteiger partial charge < -0.3 is 11.1 Å². The summed E-state index contributed by atoms with van der Waals surface area (Å²) >= 11 is 0. The molecule has 1 fully saturated rings. The van der Waals surface area contributed by atoms with Crippen molar-refractivity contribution in [3.05, 3.63) is 29.8 Å². The Bertz CT molecular complexity index is 533. The first kappa shape index (κ1) is 13.0. The number of hydrogen-bond donors (Lipinski definition) is 3. The molecule has 18 heavy (non-hydrogen) atoms. The molecule has 98 valence electrons. The normalized spacial score (nSPS) is 19.9. The zero-order chi connectivity index (χ0) is 13.2. The molecule has 1 amide bonds. The molecule has 2 rings (SSSR count). The Balaban J connectivity index is 2.16. The van der Waals surface area contributed by atoms with Crippen LogP contribution in [-0.4, -0.2) is 33.5 Å². The largest absolute Gasteiger partial charge is 0.366 e. The summed E-state index contributed by atoms with van der Waals surface area (Å²) in [5, 5.41) is 3.08. The van der Waals surface area contributed by atoms with Crippen molar-refractivity contribution < 1.29 is 13.2 Å². The summed E-state index contributed by atoms with van der Waals surface area (Å²) in [6.45, 7) is 1.45. The van der Waals surface area contributed by atoms with E-state index in [-0.39, 0.29) is 16.5 Å². The van der Waals surface area contributed by atoms with Crippen molar-refractivity contribution in [2.75, 3.05) is 13.1 Å². The molecule has 0 unspecified atom stereocenters. The third-order valence-corrected chi connectivity index (χ3v) is 4.37. The highest BCUT2D eigenvalue weighted by atomic mass is 32.2. The summed E-state index contributed by atoms with van der Waals surface area (Å²) in [6, 6.07) is 5.49. The van der Waals surface area contributed by atoms with Crippen molar-refractivity contribution in [1.29, 1.82) is 0 Å². The van der Waals surface area contributed by atoms with Crippen molar-refractivity contribution >= 4 is 15.9 Å². The standard InChI is InChI=1S/C11H15N3O3S/c12-11(15)8-1-3-10(4-2-8)18(16,17)14-9-5-6-13-7-9/h1-4,9,13-14H,5-7H2,(H2,12,15)/t9-/m0/s1. The fraction of sp³-hybridized carbons (Fsp3) is 0.364. The van der Waals surface area contributed by atoms with Crippen LogP contribution in [0.2, 0.25) is 0 Å². The lowest BCUT2D eigenvalue weighted by atomic mass is 10.2. The Hall–Kier alpha value is -1.44. The van der Waals surface area contributed by atoms with Gasteiger partial charge in [0.25, 0.3) is 0 Å². The second-order valence-electron chi connectivity index (χ2n) is 4.20. The third kappa shape index (κ3) is 2.87. The van der Waals surface area contributed by atoms with Gasteiger partial charge in [-0.1, -0.05) is 0 Å². The van der Waals surface area contributed by atoms with E-state index in [1.54, 1.807) is 0 Å². The van der Waals surface area contributed by atoms with Crippen LogP contribution < -0.4 is 15.8 Å². The van der Waals surface area contributed by atoms with Crippen LogP contribution in [0, 0.1) is 0 Å². The van der Waals surface area contributed by atoms with Crippen molar-refractivity contribution in [2.24, 2.45) is 5.73 Å². The summed E-state index contributed by atoms with van der Waals surface area (Å²) < 4.78 is 26.6. The van der Waals surface area contributed by atoms with Crippen LogP contribution in [0.1, 0.15) is 16.8 Å². The van der Waals surface area contributed by atoms with Crippen LogP contribution in [0.4, 0.5) is 0 Å². The minimum absolute atomic E-state index is 0.0779. The molecule has 6 nitrogen and oxygen atoms in total. The fourth-order valence-corrected chi connectivity index (χ4v) is 3.11. The molecule has 1 aliphatic heterocycles. The molecule has 0 aromatic heterocycles. The van der Waals surface area contributed by atoms with E-state index in [2.05, 4.69) is 10.0 Å². The van der Waals surface area contributed by atoms with Gasteiger partial charge in [0.05, 0.1) is 4.90 Å². The minimum atomic E-state index is -3.53. The lowest BCUT2D eigenvalue weighted by Crippen LogP contribution is -2.36. The average Bonchev–Trinajstić information content (AvgIpc) is 2.81. The molecule has 1 saturated heterocycles. The van der Waals surface area contributed by atoms with E-state index in [1.807, 2.05) is 0 Å². The highest BCUT2D eigenvalue weighted by Gasteiger charge is 2.22. The van der Waals surface area contributed by atoms with Gasteiger partial charge in [-0.3, -0.25) is 4.79 Å². The molecule has 1 atom stereocenters. The van der Waals surface area contributed by atoms with E-state index in [0.717, 1.165) is 13.0 Å². The molecule has 0 aliphatic carbocycles. The molecule has 1 aromatic carbocycles. The van der Waals surface area contributed by atoms with Gasteiger partial charge in [-0.2, -0.15) is 0 Å². The van der Waals surface area contributed by atoms with Crippen LogP contribution in [0.15, 0.2) is 29.2 Å². The smallest absolute Gasteiger partial charge is 0.248 e. The van der Waals surface area contributed by atoms with Crippen molar-refractivity contribution in [3.8, 4) is 0 Å². The number of nitrogens with one attached hydrogen (secondary N) is 2. The number of carbonyl (C=O) groups is 1. The summed E-state index contributed by atoms with van der Waals surface area (Å²) in [4.78, 5) is 11.0. The first-order valence-electron chi connectivity index (χ1n) is 5.62. The summed E-state index contributed by atoms with van der Waals surface area (Å²) in [5.74, 6) is -0.577. The molecule has 1 aliphatic rings. The van der Waals surface area contributed by atoms with Crippen molar-refractivity contribution in [1.82, 2.24) is 10.0 Å². The Morgan fingerprint density at radius 3 is 2.50 bits per heavy atom. The van der Waals surface area contributed by atoms with Crippen LogP contribution in [-0.2, 0) is 10.0 Å². The predicted octanol–water partition coefficient (Wildman–Crippen LogP) is -0.574. The highest BCUT2D eigenvalue weighted by molar-refractivity contribution is 7.89. The number of primary amides is 1. The van der Waals surface area contributed by atoms with Gasteiger partial charge in [0.1, 0.15) is 0 Å². The molecule has 0 bridgehead atoms. The monoisotopic (exact) mass is 269 g/mol. The molecule has 0 spiro atoms. The van der Waals surface area contributed by atoms with E-state index in [4.69, 9.17) is 5.73 Å². The molecule has 0 saturated carbocycles. The van der Waals surface area contributed by atoms with E-state index < -0.39 is 15.9 Å². The molecule has 7 heteroatoms. The maximum atomic E-state index is 12.0. The lowest BCUT2D eigenvalue weighted by Gasteiger charge is -2.12. The number of carbonyl (C=O) groups excluding carboxylic acids is 1. The van der Waals surface area contributed by atoms with Crippen LogP contribution in [0.3, 0.4) is 0 Å². The van der Waals surface area contributed by atoms with Gasteiger partial charge in [-0.25, -0.2) is 13.1 Å². The summed E-state index contributed by atoms with van der Waals surface area (Å²) in [6.07, 6.45) is 0.776. The zero-order valence-corrected chi connectivity index (χ0v) is 10.5. The number of benzene rings is 1. The SMILES string of the molecule is NC(=O)c1ccc(S(=O)(=O)N[C@H]2CCNC2)cc1. The fourth-order valence-electron chi connectivity index (χ4n) is 1.84. The van der Waals surface area contributed by atoms with Crippen molar-refractivity contribution in [3.63, 3.8) is 0 Å². The van der Waals surface area contributed by atoms with Gasteiger partial charge in [0.15, 0.2) is 0 Å². The summed E-state index contributed by atoms with van der Waals surface area (Å²) in [5.41, 5.74) is 5.38. The predicted molar refractivity (Wildman–Crippen MR) is 66.6 cm³/mol. The second kappa shape index (κ2) is 5.05. The number of sulfonamides is 1. The Morgan fingerprint density at radius 1 is 1.33 bits per heavy atom. The van der Waals surface area contributed by atoms with Crippen LogP contribution >= 0.6 is 0 Å². The second-order valence-corrected chi connectivity index (χ2v) is 5.91. The first-order chi connectivity index (χ1) is 8.49. The van der Waals surface area contributed by atoms with E-state index in [9.17, 15) is 13.2 Å². The Kier molecular flexibility index (Phi) is 3.65. The van der Waals surface area contributed by atoms with Gasteiger partial charge in [-0.05, 0) is 37.2 Å². The molecule has 0 radical (unpaired) electrons. The number of hydrogen-bond acceptors (Lipinski definition) is 4. The highest BCUT2D eigenvalue weighted by Crippen LogP contribution is 2.12. The number of nitrogens with two attached hydrogens (primary N) is 1. The molecular weight excluding hydrogens is 254 g/mol. The van der Waals surface area contributed by atoms with Gasteiger partial charge in [0, 0.05) is 18.2 Å². The van der Waals surface area contributed by atoms with Crippen LogP contribution in [0.5, 0.6) is 0 Å². The zero-order valence-electron chi connectivity index (χ0n) is 9.72. The Morgan fingerprint density at radius 2 is 2.00 bits per heavy atom. The molecule has 1 aromatic rings. The van der Waals surface area contributed by atoms with Crippen molar-refractivity contribution in [2.45, 2.75) is 17.4 Å². The average molecular weight is 269 g/mol. The van der Waals surface area contributed by atoms with Gasteiger partial charge in [0.2, 0.25) is 15.9 Å². The number of rotatable bonds is 4. The summed E-state index contributed by atoms with van der Waals surface area (Å²) in [7, 11) is -3.53. The minimum Gasteiger partial charge on any atom is -0.366 e. The number of amides is 1. The quantitative estimate of drug-likeness (QED) is 0.681.